The molecule has 2 heterocycles. The van der Waals surface area contributed by atoms with Gasteiger partial charge in [-0.3, -0.25) is 9.78 Å². The van der Waals surface area contributed by atoms with E-state index in [2.05, 4.69) is 15.3 Å². The highest BCUT2D eigenvalue weighted by Crippen LogP contribution is 2.32. The van der Waals surface area contributed by atoms with Gasteiger partial charge in [-0.2, -0.15) is 0 Å². The summed E-state index contributed by atoms with van der Waals surface area (Å²) in [6.45, 7) is 0.163. The Kier molecular flexibility index (Phi) is 5.07. The molecule has 6 nitrogen and oxygen atoms in total. The predicted octanol–water partition coefficient (Wildman–Crippen LogP) is 2.93. The fourth-order valence-electron chi connectivity index (χ4n) is 2.34. The summed E-state index contributed by atoms with van der Waals surface area (Å²) in [5, 5.41) is 12.9. The van der Waals surface area contributed by atoms with Crippen LogP contribution in [0, 0.1) is 5.82 Å². The number of hydrogen-bond donors (Lipinski definition) is 2. The van der Waals surface area contributed by atoms with E-state index < -0.39 is 5.91 Å². The van der Waals surface area contributed by atoms with Gasteiger partial charge in [0, 0.05) is 18.8 Å². The number of amides is 1. The highest BCUT2D eigenvalue weighted by atomic mass is 19.1. The number of carbonyl (C=O) groups excluding carboxylic acids is 1. The van der Waals surface area contributed by atoms with Gasteiger partial charge >= 0.3 is 0 Å². The lowest BCUT2D eigenvalue weighted by atomic mass is 10.2. The van der Waals surface area contributed by atoms with Gasteiger partial charge in [-0.25, -0.2) is 9.37 Å². The van der Waals surface area contributed by atoms with Crippen LogP contribution in [0.1, 0.15) is 16.1 Å². The number of hydrogen-bond acceptors (Lipinski definition) is 5. The van der Waals surface area contributed by atoms with Gasteiger partial charge in [0.25, 0.3) is 5.91 Å². The molecule has 0 aliphatic heterocycles. The van der Waals surface area contributed by atoms with Gasteiger partial charge in [-0.05, 0) is 29.8 Å². The molecule has 2 N–H and O–H groups in total. The Hall–Kier alpha value is -3.48. The van der Waals surface area contributed by atoms with Gasteiger partial charge in [0.15, 0.2) is 17.2 Å². The number of aromatic hydroxyl groups is 1. The number of aromatic nitrogens is 2. The van der Waals surface area contributed by atoms with Crippen molar-refractivity contribution in [1.82, 2.24) is 15.3 Å². The Morgan fingerprint density at radius 3 is 2.62 bits per heavy atom. The topological polar surface area (TPSA) is 84.3 Å². The molecular weight excluding hydrogens is 337 g/mol. The molecule has 0 atom stereocenters. The molecule has 132 valence electrons. The summed E-state index contributed by atoms with van der Waals surface area (Å²) in [5.41, 5.74) is 1.48. The van der Waals surface area contributed by atoms with Crippen molar-refractivity contribution in [3.8, 4) is 22.9 Å². The largest absolute Gasteiger partial charge is 0.503 e. The van der Waals surface area contributed by atoms with Crippen LogP contribution in [0.25, 0.3) is 11.4 Å². The number of rotatable bonds is 5. The summed E-state index contributed by atoms with van der Waals surface area (Å²) >= 11 is 0. The molecule has 0 saturated carbocycles. The molecule has 26 heavy (non-hydrogen) atoms. The lowest BCUT2D eigenvalue weighted by Crippen LogP contribution is -2.24. The van der Waals surface area contributed by atoms with E-state index in [1.807, 2.05) is 0 Å². The third kappa shape index (κ3) is 3.77. The zero-order valence-electron chi connectivity index (χ0n) is 13.9. The smallest absolute Gasteiger partial charge is 0.274 e. The van der Waals surface area contributed by atoms with Gasteiger partial charge in [0.05, 0.1) is 18.5 Å². The SMILES string of the molecule is COc1cc(-c2ccccn2)nc(C(=O)NCc2ccc(F)cc2)c1O. The van der Waals surface area contributed by atoms with Crippen LogP contribution in [-0.2, 0) is 6.54 Å². The summed E-state index contributed by atoms with van der Waals surface area (Å²) < 4.78 is 18.1. The van der Waals surface area contributed by atoms with E-state index in [-0.39, 0.29) is 29.6 Å². The minimum Gasteiger partial charge on any atom is -0.503 e. The Morgan fingerprint density at radius 1 is 1.19 bits per heavy atom. The molecule has 3 rings (SSSR count). The molecule has 0 fully saturated rings. The maximum absolute atomic E-state index is 12.9. The number of ether oxygens (including phenoxy) is 1. The number of carbonyl (C=O) groups is 1. The number of pyridine rings is 2. The zero-order valence-corrected chi connectivity index (χ0v) is 13.9. The summed E-state index contributed by atoms with van der Waals surface area (Å²) in [7, 11) is 1.39. The summed E-state index contributed by atoms with van der Waals surface area (Å²) in [4.78, 5) is 20.9. The fourth-order valence-corrected chi connectivity index (χ4v) is 2.34. The fraction of sp³-hybridized carbons (Fsp3) is 0.105. The minimum atomic E-state index is -0.581. The van der Waals surface area contributed by atoms with E-state index >= 15 is 0 Å². The standard InChI is InChI=1S/C19H16FN3O3/c1-26-16-10-15(14-4-2-3-9-21-14)23-17(18(16)24)19(25)22-11-12-5-7-13(20)8-6-12/h2-10,24H,11H2,1H3,(H,22,25). The third-order valence-electron chi connectivity index (χ3n) is 3.69. The lowest BCUT2D eigenvalue weighted by Gasteiger charge is -2.11. The quantitative estimate of drug-likeness (QED) is 0.737. The van der Waals surface area contributed by atoms with E-state index in [1.165, 1.54) is 25.3 Å². The van der Waals surface area contributed by atoms with Crippen molar-refractivity contribution >= 4 is 5.91 Å². The second kappa shape index (κ2) is 7.60. The van der Waals surface area contributed by atoms with Crippen molar-refractivity contribution in [2.75, 3.05) is 7.11 Å². The number of benzene rings is 1. The molecule has 0 spiro atoms. The molecule has 1 aromatic carbocycles. The normalized spacial score (nSPS) is 10.4. The van der Waals surface area contributed by atoms with Gasteiger partial charge < -0.3 is 15.2 Å². The molecule has 3 aromatic rings. The van der Waals surface area contributed by atoms with Crippen LogP contribution in [0.2, 0.25) is 0 Å². The summed E-state index contributed by atoms with van der Waals surface area (Å²) in [5.74, 6) is -1.17. The van der Waals surface area contributed by atoms with Crippen molar-refractivity contribution < 1.29 is 19.0 Å². The summed E-state index contributed by atoms with van der Waals surface area (Å²) in [6.07, 6.45) is 1.60. The maximum Gasteiger partial charge on any atom is 0.274 e. The van der Waals surface area contributed by atoms with E-state index in [1.54, 1.807) is 36.5 Å². The molecule has 0 bridgehead atoms. The minimum absolute atomic E-state index is 0.118. The monoisotopic (exact) mass is 353 g/mol. The van der Waals surface area contributed by atoms with Crippen molar-refractivity contribution in [1.29, 1.82) is 0 Å². The first-order chi connectivity index (χ1) is 12.6. The maximum atomic E-state index is 12.9. The van der Waals surface area contributed by atoms with E-state index in [0.717, 1.165) is 0 Å². The highest BCUT2D eigenvalue weighted by molar-refractivity contribution is 5.96. The van der Waals surface area contributed by atoms with E-state index in [9.17, 15) is 14.3 Å². The van der Waals surface area contributed by atoms with Crippen LogP contribution in [0.3, 0.4) is 0 Å². The molecule has 7 heteroatoms. The molecule has 2 aromatic heterocycles. The number of methoxy groups -OCH3 is 1. The van der Waals surface area contributed by atoms with E-state index in [0.29, 0.717) is 17.0 Å². The molecule has 1 amide bonds. The Morgan fingerprint density at radius 2 is 1.96 bits per heavy atom. The Labute approximate surface area is 149 Å². The van der Waals surface area contributed by atoms with Crippen LogP contribution in [0.15, 0.2) is 54.7 Å². The molecular formula is C19H16FN3O3. The first kappa shape index (κ1) is 17.3. The number of nitrogens with zero attached hydrogens (tertiary/aromatic N) is 2. The van der Waals surface area contributed by atoms with Crippen molar-refractivity contribution in [3.63, 3.8) is 0 Å². The van der Waals surface area contributed by atoms with Gasteiger partial charge in [-0.1, -0.05) is 18.2 Å². The first-order valence-corrected chi connectivity index (χ1v) is 7.80. The first-order valence-electron chi connectivity index (χ1n) is 7.80. The zero-order chi connectivity index (χ0) is 18.5. The van der Waals surface area contributed by atoms with Crippen molar-refractivity contribution in [2.45, 2.75) is 6.54 Å². The Balaban J connectivity index is 1.87. The lowest BCUT2D eigenvalue weighted by molar-refractivity contribution is 0.0942. The Bertz CT molecular complexity index is 915. The second-order valence-corrected chi connectivity index (χ2v) is 5.43. The molecule has 0 aliphatic rings. The second-order valence-electron chi connectivity index (χ2n) is 5.43. The third-order valence-corrected chi connectivity index (χ3v) is 3.69. The van der Waals surface area contributed by atoms with Crippen LogP contribution >= 0.6 is 0 Å². The molecule has 0 unspecified atom stereocenters. The average molecular weight is 353 g/mol. The van der Waals surface area contributed by atoms with Crippen LogP contribution in [-0.4, -0.2) is 28.1 Å². The van der Waals surface area contributed by atoms with Gasteiger partial charge in [-0.15, -0.1) is 0 Å². The van der Waals surface area contributed by atoms with Crippen LogP contribution < -0.4 is 10.1 Å². The van der Waals surface area contributed by atoms with Gasteiger partial charge in [0.1, 0.15) is 5.82 Å². The van der Waals surface area contributed by atoms with E-state index in [4.69, 9.17) is 4.74 Å². The molecule has 0 radical (unpaired) electrons. The summed E-state index contributed by atoms with van der Waals surface area (Å²) in [6, 6.07) is 12.5. The molecule has 0 saturated heterocycles. The van der Waals surface area contributed by atoms with Gasteiger partial charge in [0.2, 0.25) is 0 Å². The van der Waals surface area contributed by atoms with Crippen LogP contribution in [0.4, 0.5) is 4.39 Å². The number of halogens is 1. The average Bonchev–Trinajstić information content (AvgIpc) is 2.68. The molecule has 0 aliphatic carbocycles. The predicted molar refractivity (Wildman–Crippen MR) is 93.3 cm³/mol. The number of nitrogens with one attached hydrogen (secondary N) is 1. The van der Waals surface area contributed by atoms with Crippen molar-refractivity contribution in [2.24, 2.45) is 0 Å². The highest BCUT2D eigenvalue weighted by Gasteiger charge is 2.20. The van der Waals surface area contributed by atoms with Crippen molar-refractivity contribution in [3.05, 3.63) is 71.8 Å². The van der Waals surface area contributed by atoms with Crippen LogP contribution in [0.5, 0.6) is 11.5 Å².